The Kier molecular flexibility index (Phi) is 6.59. The summed E-state index contributed by atoms with van der Waals surface area (Å²) in [5.41, 5.74) is -1.21. The van der Waals surface area contributed by atoms with Crippen LogP contribution < -0.4 is 10.3 Å². The summed E-state index contributed by atoms with van der Waals surface area (Å²) in [6.45, 7) is 1.93. The third-order valence-corrected chi connectivity index (χ3v) is 6.73. The monoisotopic (exact) mass is 532 g/mol. The maximum absolute atomic E-state index is 14.2. The number of phenols is 1. The molecule has 0 radical (unpaired) electrons. The number of rotatable bonds is 4. The molecule has 4 aromatic rings. The van der Waals surface area contributed by atoms with Gasteiger partial charge in [0, 0.05) is 37.7 Å². The van der Waals surface area contributed by atoms with Gasteiger partial charge in [0.05, 0.1) is 22.2 Å². The van der Waals surface area contributed by atoms with Crippen molar-refractivity contribution >= 4 is 28.3 Å². The molecule has 1 aliphatic rings. The number of nitrogens with zero attached hydrogens (tertiary/aromatic N) is 2. The standard InChI is InChI=1S/C27H21ClF4N2O3/c28-17-7-5-16(6-8-17)23-24(36)18-9-10-22(35)19(25(18)37-26(23)27(30,31)32)15-33-11-13-34(14-12-33)21-4-2-1-3-20(21)29/h1-10,35H,11-15H2. The minimum Gasteiger partial charge on any atom is -0.507 e. The first-order valence-corrected chi connectivity index (χ1v) is 11.9. The van der Waals surface area contributed by atoms with Gasteiger partial charge in [0.25, 0.3) is 0 Å². The number of hydrogen-bond donors (Lipinski definition) is 1. The van der Waals surface area contributed by atoms with Gasteiger partial charge in [-0.15, -0.1) is 0 Å². The van der Waals surface area contributed by atoms with Crippen molar-refractivity contribution in [2.24, 2.45) is 0 Å². The van der Waals surface area contributed by atoms with Crippen LogP contribution in [0.15, 0.2) is 69.9 Å². The van der Waals surface area contributed by atoms with Crippen molar-refractivity contribution in [2.75, 3.05) is 31.1 Å². The van der Waals surface area contributed by atoms with Crippen LogP contribution in [-0.2, 0) is 12.7 Å². The zero-order valence-electron chi connectivity index (χ0n) is 19.4. The van der Waals surface area contributed by atoms with Crippen molar-refractivity contribution in [1.29, 1.82) is 0 Å². The van der Waals surface area contributed by atoms with Crippen LogP contribution in [0.5, 0.6) is 5.75 Å². The fraction of sp³-hybridized carbons (Fsp3) is 0.222. The first-order chi connectivity index (χ1) is 17.6. The lowest BCUT2D eigenvalue weighted by atomic mass is 10.00. The van der Waals surface area contributed by atoms with E-state index in [0.717, 1.165) is 0 Å². The normalized spacial score (nSPS) is 14.9. The van der Waals surface area contributed by atoms with E-state index in [9.17, 15) is 27.5 Å². The average Bonchev–Trinajstić information content (AvgIpc) is 2.86. The molecule has 5 rings (SSSR count). The van der Waals surface area contributed by atoms with E-state index in [1.54, 1.807) is 18.2 Å². The number of fused-ring (bicyclic) bond motifs is 1. The van der Waals surface area contributed by atoms with Gasteiger partial charge in [-0.3, -0.25) is 9.69 Å². The number of phenolic OH excluding ortho intramolecular Hbond substituents is 1. The highest BCUT2D eigenvalue weighted by molar-refractivity contribution is 6.30. The van der Waals surface area contributed by atoms with Gasteiger partial charge in [-0.05, 0) is 42.0 Å². The van der Waals surface area contributed by atoms with E-state index >= 15 is 0 Å². The summed E-state index contributed by atoms with van der Waals surface area (Å²) < 4.78 is 61.8. The van der Waals surface area contributed by atoms with Crippen LogP contribution >= 0.6 is 11.6 Å². The Morgan fingerprint density at radius 3 is 2.27 bits per heavy atom. The van der Waals surface area contributed by atoms with Crippen LogP contribution in [0.4, 0.5) is 23.2 Å². The van der Waals surface area contributed by atoms with Gasteiger partial charge >= 0.3 is 6.18 Å². The van der Waals surface area contributed by atoms with Crippen molar-refractivity contribution in [3.8, 4) is 16.9 Å². The minimum absolute atomic E-state index is 0.0197. The molecule has 0 amide bonds. The summed E-state index contributed by atoms with van der Waals surface area (Å²) in [6, 6.07) is 14.4. The van der Waals surface area contributed by atoms with Crippen LogP contribution in [0, 0.1) is 5.82 Å². The van der Waals surface area contributed by atoms with Gasteiger partial charge in [0.2, 0.25) is 11.2 Å². The van der Waals surface area contributed by atoms with Crippen LogP contribution in [0.2, 0.25) is 5.02 Å². The Hall–Kier alpha value is -3.56. The molecule has 2 heterocycles. The van der Waals surface area contributed by atoms with E-state index in [1.807, 2.05) is 9.80 Å². The van der Waals surface area contributed by atoms with Crippen molar-refractivity contribution in [3.63, 3.8) is 0 Å². The van der Waals surface area contributed by atoms with Gasteiger partial charge in [0.15, 0.2) is 0 Å². The summed E-state index contributed by atoms with van der Waals surface area (Å²) >= 11 is 5.87. The van der Waals surface area contributed by atoms with Crippen molar-refractivity contribution in [1.82, 2.24) is 4.90 Å². The van der Waals surface area contributed by atoms with Crippen LogP contribution in [-0.4, -0.2) is 36.2 Å². The Morgan fingerprint density at radius 2 is 1.62 bits per heavy atom. The second-order valence-corrected chi connectivity index (χ2v) is 9.23. The number of halogens is 5. The maximum Gasteiger partial charge on any atom is 0.450 e. The molecule has 1 fully saturated rings. The average molecular weight is 533 g/mol. The molecule has 1 aliphatic heterocycles. The molecule has 10 heteroatoms. The van der Waals surface area contributed by atoms with Crippen molar-refractivity contribution < 1.29 is 27.1 Å². The van der Waals surface area contributed by atoms with Crippen molar-refractivity contribution in [2.45, 2.75) is 12.7 Å². The molecular weight excluding hydrogens is 512 g/mol. The quantitative estimate of drug-likeness (QED) is 0.313. The summed E-state index contributed by atoms with van der Waals surface area (Å²) in [6.07, 6.45) is -4.96. The Morgan fingerprint density at radius 1 is 0.946 bits per heavy atom. The Labute approximate surface area is 214 Å². The van der Waals surface area contributed by atoms with Gasteiger partial charge in [0.1, 0.15) is 17.1 Å². The van der Waals surface area contributed by atoms with E-state index in [-0.39, 0.29) is 40.2 Å². The van der Waals surface area contributed by atoms with Gasteiger partial charge in [-0.2, -0.15) is 13.2 Å². The van der Waals surface area contributed by atoms with E-state index in [1.165, 1.54) is 42.5 Å². The first kappa shape index (κ1) is 25.1. The largest absolute Gasteiger partial charge is 0.507 e. The van der Waals surface area contributed by atoms with Gasteiger partial charge in [-0.25, -0.2) is 4.39 Å². The molecule has 1 N–H and O–H groups in total. The predicted octanol–water partition coefficient (Wildman–Crippen LogP) is 6.30. The van der Waals surface area contributed by atoms with Gasteiger partial charge in [-0.1, -0.05) is 35.9 Å². The number of alkyl halides is 3. The zero-order valence-corrected chi connectivity index (χ0v) is 20.1. The maximum atomic E-state index is 14.2. The van der Waals surface area contributed by atoms with Gasteiger partial charge < -0.3 is 14.4 Å². The lowest BCUT2D eigenvalue weighted by molar-refractivity contribution is -0.152. The highest BCUT2D eigenvalue weighted by Crippen LogP contribution is 2.39. The smallest absolute Gasteiger partial charge is 0.450 e. The lowest BCUT2D eigenvalue weighted by Gasteiger charge is -2.36. The van der Waals surface area contributed by atoms with Crippen molar-refractivity contribution in [3.05, 3.63) is 93.1 Å². The third kappa shape index (κ3) is 4.89. The highest BCUT2D eigenvalue weighted by atomic mass is 35.5. The third-order valence-electron chi connectivity index (χ3n) is 6.48. The summed E-state index contributed by atoms with van der Waals surface area (Å²) in [4.78, 5) is 17.1. The molecule has 0 aliphatic carbocycles. The summed E-state index contributed by atoms with van der Waals surface area (Å²) in [7, 11) is 0. The molecule has 0 saturated carbocycles. The van der Waals surface area contributed by atoms with E-state index in [4.69, 9.17) is 16.0 Å². The molecular formula is C27H21ClF4N2O3. The van der Waals surface area contributed by atoms with Crippen LogP contribution in [0.1, 0.15) is 11.3 Å². The summed E-state index contributed by atoms with van der Waals surface area (Å²) in [5.74, 6) is -2.05. The molecule has 1 saturated heterocycles. The molecule has 1 aromatic heterocycles. The second-order valence-electron chi connectivity index (χ2n) is 8.79. The van der Waals surface area contributed by atoms with Crippen LogP contribution in [0.25, 0.3) is 22.1 Å². The number of para-hydroxylation sites is 1. The molecule has 0 spiro atoms. The zero-order chi connectivity index (χ0) is 26.3. The number of aromatic hydroxyl groups is 1. The fourth-order valence-electron chi connectivity index (χ4n) is 4.61. The molecule has 0 atom stereocenters. The molecule has 5 nitrogen and oxygen atoms in total. The number of benzene rings is 3. The second kappa shape index (κ2) is 9.72. The molecule has 0 bridgehead atoms. The minimum atomic E-state index is -4.96. The molecule has 192 valence electrons. The molecule has 0 unspecified atom stereocenters. The topological polar surface area (TPSA) is 56.9 Å². The molecule has 37 heavy (non-hydrogen) atoms. The van der Waals surface area contributed by atoms with Crippen LogP contribution in [0.3, 0.4) is 0 Å². The number of hydrogen-bond acceptors (Lipinski definition) is 5. The number of piperazine rings is 1. The summed E-state index contributed by atoms with van der Waals surface area (Å²) in [5, 5.41) is 10.8. The van der Waals surface area contributed by atoms with E-state index in [0.29, 0.717) is 36.9 Å². The van der Waals surface area contributed by atoms with E-state index in [2.05, 4.69) is 0 Å². The Balaban J connectivity index is 1.52. The first-order valence-electron chi connectivity index (χ1n) is 11.5. The molecule has 3 aromatic carbocycles. The highest BCUT2D eigenvalue weighted by Gasteiger charge is 2.40. The number of anilines is 1. The van der Waals surface area contributed by atoms with E-state index < -0.39 is 22.9 Å². The lowest BCUT2D eigenvalue weighted by Crippen LogP contribution is -2.46. The fourth-order valence-corrected chi connectivity index (χ4v) is 4.74. The Bertz CT molecular complexity index is 1510. The SMILES string of the molecule is O=c1c(-c2ccc(Cl)cc2)c(C(F)(F)F)oc2c(CN3CCN(c4ccccc4F)CC3)c(O)ccc12. The predicted molar refractivity (Wildman–Crippen MR) is 133 cm³/mol.